The molecule has 1 unspecified atom stereocenters. The predicted molar refractivity (Wildman–Crippen MR) is 39.9 cm³/mol. The van der Waals surface area contributed by atoms with E-state index in [0.29, 0.717) is 0 Å². The lowest BCUT2D eigenvalue weighted by Gasteiger charge is -2.33. The molecule has 1 rings (SSSR count). The quantitative estimate of drug-likeness (QED) is 0.641. The fraction of sp³-hybridized carbons (Fsp3) is 1.00. The lowest BCUT2D eigenvalue weighted by molar-refractivity contribution is 0.0598. The van der Waals surface area contributed by atoms with Gasteiger partial charge in [-0.05, 0) is 6.92 Å². The molecule has 0 bridgehead atoms. The molecular formula is C7H14F2N2. The average molecular weight is 164 g/mol. The third kappa shape index (κ3) is 2.71. The molecule has 0 aromatic heterocycles. The maximum atomic E-state index is 11.9. The molecular weight excluding hydrogens is 150 g/mol. The first-order chi connectivity index (χ1) is 5.20. The van der Waals surface area contributed by atoms with E-state index in [1.165, 1.54) is 0 Å². The number of hydrogen-bond donors (Lipinski definition) is 1. The van der Waals surface area contributed by atoms with E-state index in [4.69, 9.17) is 0 Å². The molecule has 1 aliphatic rings. The molecule has 1 saturated heterocycles. The highest BCUT2D eigenvalue weighted by atomic mass is 19.3. The molecule has 1 heterocycles. The number of halogens is 2. The third-order valence-electron chi connectivity index (χ3n) is 2.01. The molecule has 0 amide bonds. The van der Waals surface area contributed by atoms with Crippen LogP contribution in [0.15, 0.2) is 0 Å². The zero-order valence-electron chi connectivity index (χ0n) is 6.69. The predicted octanol–water partition coefficient (Wildman–Crippen LogP) is 0.545. The van der Waals surface area contributed by atoms with Crippen LogP contribution >= 0.6 is 0 Å². The Morgan fingerprint density at radius 2 is 2.36 bits per heavy atom. The first-order valence-electron chi connectivity index (χ1n) is 3.93. The van der Waals surface area contributed by atoms with E-state index in [9.17, 15) is 8.78 Å². The zero-order valence-corrected chi connectivity index (χ0v) is 6.69. The SMILES string of the molecule is CC1CNCCN1CC(F)F. The number of rotatable bonds is 2. The molecule has 0 aromatic carbocycles. The summed E-state index contributed by atoms with van der Waals surface area (Å²) in [7, 11) is 0. The topological polar surface area (TPSA) is 15.3 Å². The van der Waals surface area contributed by atoms with Crippen LogP contribution < -0.4 is 5.32 Å². The zero-order chi connectivity index (χ0) is 8.27. The monoisotopic (exact) mass is 164 g/mol. The number of hydrogen-bond acceptors (Lipinski definition) is 2. The van der Waals surface area contributed by atoms with Gasteiger partial charge in [0.05, 0.1) is 6.54 Å². The van der Waals surface area contributed by atoms with Crippen LogP contribution in [0.25, 0.3) is 0 Å². The van der Waals surface area contributed by atoms with Crippen molar-refractivity contribution in [2.24, 2.45) is 0 Å². The highest BCUT2D eigenvalue weighted by molar-refractivity contribution is 4.76. The molecule has 1 aliphatic heterocycles. The molecule has 0 aromatic rings. The number of nitrogens with one attached hydrogen (secondary N) is 1. The number of nitrogens with zero attached hydrogens (tertiary/aromatic N) is 1. The first kappa shape index (κ1) is 8.87. The Hall–Kier alpha value is -0.220. The molecule has 0 radical (unpaired) electrons. The van der Waals surface area contributed by atoms with Crippen LogP contribution in [-0.4, -0.2) is 43.5 Å². The van der Waals surface area contributed by atoms with E-state index in [0.717, 1.165) is 19.6 Å². The molecule has 0 saturated carbocycles. The third-order valence-corrected chi connectivity index (χ3v) is 2.01. The lowest BCUT2D eigenvalue weighted by Crippen LogP contribution is -2.51. The van der Waals surface area contributed by atoms with E-state index >= 15 is 0 Å². The summed E-state index contributed by atoms with van der Waals surface area (Å²) in [6, 6.07) is 0.248. The average Bonchev–Trinajstić information content (AvgIpc) is 1.93. The fourth-order valence-corrected chi connectivity index (χ4v) is 1.33. The van der Waals surface area contributed by atoms with Gasteiger partial charge in [0.1, 0.15) is 0 Å². The van der Waals surface area contributed by atoms with Crippen LogP contribution in [0.4, 0.5) is 8.78 Å². The summed E-state index contributed by atoms with van der Waals surface area (Å²) in [4.78, 5) is 1.82. The van der Waals surface area contributed by atoms with Gasteiger partial charge < -0.3 is 5.32 Å². The van der Waals surface area contributed by atoms with Crippen molar-refractivity contribution < 1.29 is 8.78 Å². The molecule has 1 N–H and O–H groups in total. The normalized spacial score (nSPS) is 27.8. The van der Waals surface area contributed by atoms with Crippen LogP contribution in [0, 0.1) is 0 Å². The molecule has 66 valence electrons. The Balaban J connectivity index is 2.29. The summed E-state index contributed by atoms with van der Waals surface area (Å²) in [6.07, 6.45) is -2.20. The Morgan fingerprint density at radius 1 is 1.64 bits per heavy atom. The summed E-state index contributed by atoms with van der Waals surface area (Å²) in [5, 5.41) is 3.15. The second kappa shape index (κ2) is 3.97. The molecule has 0 spiro atoms. The Labute approximate surface area is 65.6 Å². The van der Waals surface area contributed by atoms with Crippen LogP contribution in [0.5, 0.6) is 0 Å². The van der Waals surface area contributed by atoms with Crippen molar-refractivity contribution in [2.45, 2.75) is 19.4 Å². The van der Waals surface area contributed by atoms with Crippen molar-refractivity contribution in [3.8, 4) is 0 Å². The molecule has 1 fully saturated rings. The van der Waals surface area contributed by atoms with E-state index in [1.807, 2.05) is 11.8 Å². The minimum absolute atomic E-state index is 0.0805. The van der Waals surface area contributed by atoms with Gasteiger partial charge in [-0.15, -0.1) is 0 Å². The Morgan fingerprint density at radius 3 is 2.91 bits per heavy atom. The van der Waals surface area contributed by atoms with Crippen molar-refractivity contribution in [3.63, 3.8) is 0 Å². The Kier molecular flexibility index (Phi) is 3.20. The molecule has 0 aliphatic carbocycles. The van der Waals surface area contributed by atoms with Crippen LogP contribution in [0.1, 0.15) is 6.92 Å². The van der Waals surface area contributed by atoms with Crippen molar-refractivity contribution in [1.29, 1.82) is 0 Å². The fourth-order valence-electron chi connectivity index (χ4n) is 1.33. The maximum absolute atomic E-state index is 11.9. The number of alkyl halides is 2. The van der Waals surface area contributed by atoms with Crippen LogP contribution in [0.2, 0.25) is 0 Å². The second-order valence-electron chi connectivity index (χ2n) is 2.94. The van der Waals surface area contributed by atoms with Crippen LogP contribution in [0.3, 0.4) is 0 Å². The van der Waals surface area contributed by atoms with Crippen molar-refractivity contribution in [3.05, 3.63) is 0 Å². The van der Waals surface area contributed by atoms with E-state index < -0.39 is 6.43 Å². The maximum Gasteiger partial charge on any atom is 0.251 e. The largest absolute Gasteiger partial charge is 0.314 e. The smallest absolute Gasteiger partial charge is 0.251 e. The van der Waals surface area contributed by atoms with Gasteiger partial charge >= 0.3 is 0 Å². The summed E-state index contributed by atoms with van der Waals surface area (Å²) < 4.78 is 23.9. The minimum atomic E-state index is -2.20. The molecule has 4 heteroatoms. The van der Waals surface area contributed by atoms with E-state index in [2.05, 4.69) is 5.32 Å². The van der Waals surface area contributed by atoms with Gasteiger partial charge in [0.2, 0.25) is 0 Å². The Bertz CT molecular complexity index is 119. The molecule has 1 atom stereocenters. The summed E-state index contributed by atoms with van der Waals surface area (Å²) in [5.74, 6) is 0. The van der Waals surface area contributed by atoms with Crippen molar-refractivity contribution in [2.75, 3.05) is 26.2 Å². The van der Waals surface area contributed by atoms with Crippen molar-refractivity contribution in [1.82, 2.24) is 10.2 Å². The standard InChI is InChI=1S/C7H14F2N2/c1-6-4-10-2-3-11(6)5-7(8)9/h6-7,10H,2-5H2,1H3. The van der Waals surface area contributed by atoms with Gasteiger partial charge in [0.25, 0.3) is 6.43 Å². The van der Waals surface area contributed by atoms with Gasteiger partial charge in [-0.3, -0.25) is 4.90 Å². The summed E-state index contributed by atoms with van der Waals surface area (Å²) >= 11 is 0. The minimum Gasteiger partial charge on any atom is -0.314 e. The molecule has 11 heavy (non-hydrogen) atoms. The second-order valence-corrected chi connectivity index (χ2v) is 2.94. The highest BCUT2D eigenvalue weighted by Gasteiger charge is 2.20. The van der Waals surface area contributed by atoms with Crippen LogP contribution in [-0.2, 0) is 0 Å². The van der Waals surface area contributed by atoms with Gasteiger partial charge in [0.15, 0.2) is 0 Å². The molecule has 2 nitrogen and oxygen atoms in total. The van der Waals surface area contributed by atoms with Gasteiger partial charge in [-0.2, -0.15) is 0 Å². The number of piperazine rings is 1. The van der Waals surface area contributed by atoms with Gasteiger partial charge in [-0.25, -0.2) is 8.78 Å². The van der Waals surface area contributed by atoms with Crippen molar-refractivity contribution >= 4 is 0 Å². The lowest BCUT2D eigenvalue weighted by atomic mass is 10.2. The van der Waals surface area contributed by atoms with E-state index in [1.54, 1.807) is 0 Å². The highest BCUT2D eigenvalue weighted by Crippen LogP contribution is 2.05. The van der Waals surface area contributed by atoms with Gasteiger partial charge in [-0.1, -0.05) is 0 Å². The van der Waals surface area contributed by atoms with E-state index in [-0.39, 0.29) is 12.6 Å². The first-order valence-corrected chi connectivity index (χ1v) is 3.93. The van der Waals surface area contributed by atoms with Gasteiger partial charge in [0, 0.05) is 25.7 Å². The summed E-state index contributed by atoms with van der Waals surface area (Å²) in [6.45, 7) is 4.28. The summed E-state index contributed by atoms with van der Waals surface area (Å²) in [5.41, 5.74) is 0.